The SMILES string of the molecule is c1ccc(N2CCN(c3nncc(NC4CC4)n3)CC2)nc1. The van der Waals surface area contributed by atoms with Crippen LogP contribution in [0.15, 0.2) is 30.6 Å². The Kier molecular flexibility index (Phi) is 3.46. The second kappa shape index (κ2) is 5.75. The molecule has 0 bridgehead atoms. The Labute approximate surface area is 129 Å². The Bertz CT molecular complexity index is 621. The van der Waals surface area contributed by atoms with E-state index in [0.717, 1.165) is 37.8 Å². The van der Waals surface area contributed by atoms with E-state index in [1.807, 2.05) is 24.4 Å². The lowest BCUT2D eigenvalue weighted by atomic mass is 10.3. The van der Waals surface area contributed by atoms with Crippen molar-refractivity contribution < 1.29 is 0 Å². The van der Waals surface area contributed by atoms with Crippen LogP contribution in [0.25, 0.3) is 0 Å². The summed E-state index contributed by atoms with van der Waals surface area (Å²) in [5, 5.41) is 11.6. The normalized spacial score (nSPS) is 18.4. The molecule has 2 aromatic heterocycles. The highest BCUT2D eigenvalue weighted by atomic mass is 15.4. The summed E-state index contributed by atoms with van der Waals surface area (Å²) < 4.78 is 0. The van der Waals surface area contributed by atoms with Crippen molar-refractivity contribution in [3.63, 3.8) is 0 Å². The van der Waals surface area contributed by atoms with Gasteiger partial charge in [0.1, 0.15) is 5.82 Å². The predicted octanol–water partition coefficient (Wildman–Crippen LogP) is 1.17. The first-order valence-corrected chi connectivity index (χ1v) is 7.76. The monoisotopic (exact) mass is 297 g/mol. The van der Waals surface area contributed by atoms with Gasteiger partial charge in [0.15, 0.2) is 5.82 Å². The first-order valence-electron chi connectivity index (χ1n) is 7.76. The highest BCUT2D eigenvalue weighted by molar-refractivity contribution is 5.44. The fraction of sp³-hybridized carbons (Fsp3) is 0.467. The fourth-order valence-electron chi connectivity index (χ4n) is 2.61. The van der Waals surface area contributed by atoms with E-state index in [1.54, 1.807) is 6.20 Å². The molecule has 1 N–H and O–H groups in total. The number of nitrogens with one attached hydrogen (secondary N) is 1. The van der Waals surface area contributed by atoms with Crippen molar-refractivity contribution in [3.8, 4) is 0 Å². The van der Waals surface area contributed by atoms with Crippen LogP contribution in [0.2, 0.25) is 0 Å². The van der Waals surface area contributed by atoms with Crippen molar-refractivity contribution in [2.75, 3.05) is 41.3 Å². The molecule has 22 heavy (non-hydrogen) atoms. The van der Waals surface area contributed by atoms with Crippen LogP contribution in [-0.2, 0) is 0 Å². The third kappa shape index (κ3) is 2.93. The molecule has 0 amide bonds. The van der Waals surface area contributed by atoms with Crippen molar-refractivity contribution >= 4 is 17.6 Å². The summed E-state index contributed by atoms with van der Waals surface area (Å²) in [5.41, 5.74) is 0. The zero-order chi connectivity index (χ0) is 14.8. The molecule has 0 atom stereocenters. The smallest absolute Gasteiger partial charge is 0.247 e. The minimum Gasteiger partial charge on any atom is -0.366 e. The van der Waals surface area contributed by atoms with Crippen LogP contribution < -0.4 is 15.1 Å². The van der Waals surface area contributed by atoms with Crippen LogP contribution in [0.1, 0.15) is 12.8 Å². The lowest BCUT2D eigenvalue weighted by Gasteiger charge is -2.35. The van der Waals surface area contributed by atoms with Crippen molar-refractivity contribution in [2.24, 2.45) is 0 Å². The van der Waals surface area contributed by atoms with Gasteiger partial charge < -0.3 is 15.1 Å². The lowest BCUT2D eigenvalue weighted by Crippen LogP contribution is -2.47. The molecular formula is C15H19N7. The zero-order valence-electron chi connectivity index (χ0n) is 12.4. The zero-order valence-corrected chi connectivity index (χ0v) is 12.4. The van der Waals surface area contributed by atoms with E-state index >= 15 is 0 Å². The second-order valence-electron chi connectivity index (χ2n) is 5.72. The summed E-state index contributed by atoms with van der Waals surface area (Å²) in [4.78, 5) is 13.5. The maximum absolute atomic E-state index is 4.58. The maximum Gasteiger partial charge on any atom is 0.247 e. The van der Waals surface area contributed by atoms with Crippen LogP contribution in [-0.4, -0.2) is 52.4 Å². The van der Waals surface area contributed by atoms with Crippen molar-refractivity contribution in [2.45, 2.75) is 18.9 Å². The number of piperazine rings is 1. The van der Waals surface area contributed by atoms with Gasteiger partial charge in [-0.25, -0.2) is 4.98 Å². The summed E-state index contributed by atoms with van der Waals surface area (Å²) in [6.07, 6.45) is 5.98. The Morgan fingerprint density at radius 1 is 1.05 bits per heavy atom. The van der Waals surface area contributed by atoms with Gasteiger partial charge in [0.2, 0.25) is 5.95 Å². The third-order valence-electron chi connectivity index (χ3n) is 4.01. The molecule has 1 aliphatic heterocycles. The molecule has 2 aromatic rings. The van der Waals surface area contributed by atoms with Crippen molar-refractivity contribution in [1.29, 1.82) is 0 Å². The first kappa shape index (κ1) is 13.2. The van der Waals surface area contributed by atoms with E-state index in [4.69, 9.17) is 0 Å². The van der Waals surface area contributed by atoms with Gasteiger partial charge in [-0.1, -0.05) is 6.07 Å². The molecule has 4 rings (SSSR count). The first-order chi connectivity index (χ1) is 10.9. The average molecular weight is 297 g/mol. The van der Waals surface area contributed by atoms with Gasteiger partial charge in [0.05, 0.1) is 6.20 Å². The molecule has 0 unspecified atom stereocenters. The number of hydrogen-bond acceptors (Lipinski definition) is 7. The second-order valence-corrected chi connectivity index (χ2v) is 5.72. The number of aromatic nitrogens is 4. The average Bonchev–Trinajstić information content (AvgIpc) is 3.40. The van der Waals surface area contributed by atoms with E-state index in [-0.39, 0.29) is 0 Å². The van der Waals surface area contributed by atoms with Crippen LogP contribution in [0.4, 0.5) is 17.6 Å². The van der Waals surface area contributed by atoms with E-state index in [2.05, 4.69) is 35.3 Å². The molecule has 1 saturated carbocycles. The van der Waals surface area contributed by atoms with Crippen molar-refractivity contribution in [1.82, 2.24) is 20.2 Å². The fourth-order valence-corrected chi connectivity index (χ4v) is 2.61. The quantitative estimate of drug-likeness (QED) is 0.908. The number of pyridine rings is 1. The van der Waals surface area contributed by atoms with Crippen LogP contribution in [0.5, 0.6) is 0 Å². The number of anilines is 3. The van der Waals surface area contributed by atoms with E-state index < -0.39 is 0 Å². The Balaban J connectivity index is 1.40. The highest BCUT2D eigenvalue weighted by Crippen LogP contribution is 2.24. The van der Waals surface area contributed by atoms with Crippen molar-refractivity contribution in [3.05, 3.63) is 30.6 Å². The van der Waals surface area contributed by atoms with Crippen LogP contribution >= 0.6 is 0 Å². The van der Waals surface area contributed by atoms with Gasteiger partial charge in [-0.15, -0.1) is 5.10 Å². The lowest BCUT2D eigenvalue weighted by molar-refractivity contribution is 0.630. The summed E-state index contributed by atoms with van der Waals surface area (Å²) >= 11 is 0. The number of hydrogen-bond donors (Lipinski definition) is 1. The predicted molar refractivity (Wildman–Crippen MR) is 85.1 cm³/mol. The molecule has 2 fully saturated rings. The molecule has 7 nitrogen and oxygen atoms in total. The van der Waals surface area contributed by atoms with Crippen LogP contribution in [0.3, 0.4) is 0 Å². The number of rotatable bonds is 4. The molecular weight excluding hydrogens is 278 g/mol. The highest BCUT2D eigenvalue weighted by Gasteiger charge is 2.23. The molecule has 0 aromatic carbocycles. The maximum atomic E-state index is 4.58. The molecule has 2 aliphatic rings. The van der Waals surface area contributed by atoms with Gasteiger partial charge >= 0.3 is 0 Å². The van der Waals surface area contributed by atoms with Gasteiger partial charge in [-0.05, 0) is 25.0 Å². The largest absolute Gasteiger partial charge is 0.366 e. The van der Waals surface area contributed by atoms with Gasteiger partial charge in [-0.3, -0.25) is 0 Å². The minimum atomic E-state index is 0.575. The Morgan fingerprint density at radius 3 is 2.59 bits per heavy atom. The van der Waals surface area contributed by atoms with E-state index in [0.29, 0.717) is 12.0 Å². The van der Waals surface area contributed by atoms with Crippen LogP contribution in [0, 0.1) is 0 Å². The summed E-state index contributed by atoms with van der Waals surface area (Å²) in [5.74, 6) is 2.58. The van der Waals surface area contributed by atoms with Gasteiger partial charge in [-0.2, -0.15) is 10.1 Å². The van der Waals surface area contributed by atoms with Gasteiger partial charge in [0, 0.05) is 38.4 Å². The Morgan fingerprint density at radius 2 is 1.86 bits per heavy atom. The minimum absolute atomic E-state index is 0.575. The standard InChI is InChI=1S/C15H19N7/c1-2-6-16-14(3-1)21-7-9-22(10-8-21)15-19-13(11-17-20-15)18-12-4-5-12/h1-3,6,11-12H,4-5,7-10H2,(H,18,19,20). The third-order valence-corrected chi connectivity index (χ3v) is 4.01. The summed E-state index contributed by atoms with van der Waals surface area (Å²) in [6.45, 7) is 3.59. The van der Waals surface area contributed by atoms with E-state index in [9.17, 15) is 0 Å². The molecule has 3 heterocycles. The van der Waals surface area contributed by atoms with E-state index in [1.165, 1.54) is 12.8 Å². The topological polar surface area (TPSA) is 70.1 Å². The molecule has 1 saturated heterocycles. The molecule has 114 valence electrons. The molecule has 1 aliphatic carbocycles. The molecule has 0 spiro atoms. The molecule has 7 heteroatoms. The van der Waals surface area contributed by atoms with Gasteiger partial charge in [0.25, 0.3) is 0 Å². The number of nitrogens with zero attached hydrogens (tertiary/aromatic N) is 6. The Hall–Kier alpha value is -2.44. The summed E-state index contributed by atoms with van der Waals surface area (Å²) in [6, 6.07) is 6.59. The summed E-state index contributed by atoms with van der Waals surface area (Å²) in [7, 11) is 0. The molecule has 0 radical (unpaired) electrons.